The zero-order valence-electron chi connectivity index (χ0n) is 10.1. The molecule has 0 saturated heterocycles. The van der Waals surface area contributed by atoms with Gasteiger partial charge in [0.15, 0.2) is 0 Å². The number of benzene rings is 1. The molecule has 1 aromatic rings. The molecule has 0 fully saturated rings. The van der Waals surface area contributed by atoms with Gasteiger partial charge in [-0.1, -0.05) is 22.0 Å². The van der Waals surface area contributed by atoms with Crippen LogP contribution in [0.4, 0.5) is 0 Å². The number of phenols is 1. The number of aromatic hydroxyl groups is 1. The highest BCUT2D eigenvalue weighted by Gasteiger charge is 2.15. The van der Waals surface area contributed by atoms with E-state index in [1.807, 2.05) is 0 Å². The van der Waals surface area contributed by atoms with Crippen LogP contribution in [0.5, 0.6) is 5.75 Å². The predicted molar refractivity (Wildman–Crippen MR) is 77.9 cm³/mol. The summed E-state index contributed by atoms with van der Waals surface area (Å²) in [6, 6.07) is 4.91. The van der Waals surface area contributed by atoms with Crippen LogP contribution in [0.15, 0.2) is 18.2 Å². The van der Waals surface area contributed by atoms with E-state index in [9.17, 15) is 4.79 Å². The number of carbonyl (C=O) groups excluding carboxylic acids is 1. The number of rotatable bonds is 3. The number of nitrogens with one attached hydrogen (secondary N) is 1. The summed E-state index contributed by atoms with van der Waals surface area (Å²) >= 11 is 8.65. The van der Waals surface area contributed by atoms with Crippen molar-refractivity contribution in [3.05, 3.63) is 29.3 Å². The molecule has 3 nitrogen and oxygen atoms in total. The number of fused-ring (bicyclic) bond motifs is 1. The Balaban J connectivity index is 0.000000232. The molecular formula is C13H17BrClNO2. The second kappa shape index (κ2) is 8.38. The van der Waals surface area contributed by atoms with Crippen molar-refractivity contribution in [3.8, 4) is 5.75 Å². The van der Waals surface area contributed by atoms with Crippen LogP contribution in [0.1, 0.15) is 28.8 Å². The van der Waals surface area contributed by atoms with Gasteiger partial charge >= 0.3 is 0 Å². The molecule has 0 saturated carbocycles. The molecule has 5 heteroatoms. The maximum absolute atomic E-state index is 11.2. The molecule has 0 bridgehead atoms. The zero-order chi connectivity index (χ0) is 13.4. The molecule has 100 valence electrons. The van der Waals surface area contributed by atoms with E-state index in [2.05, 4.69) is 21.2 Å². The number of halogens is 2. The number of amides is 1. The highest BCUT2D eigenvalue weighted by Crippen LogP contribution is 2.18. The summed E-state index contributed by atoms with van der Waals surface area (Å²) in [6.45, 7) is 0.691. The third kappa shape index (κ3) is 4.86. The third-order valence-electron chi connectivity index (χ3n) is 2.54. The van der Waals surface area contributed by atoms with Crippen molar-refractivity contribution in [2.24, 2.45) is 0 Å². The van der Waals surface area contributed by atoms with Gasteiger partial charge in [-0.15, -0.1) is 11.6 Å². The predicted octanol–water partition coefficient (Wildman–Crippen LogP) is 3.08. The molecule has 1 heterocycles. The van der Waals surface area contributed by atoms with Crippen molar-refractivity contribution in [1.82, 2.24) is 5.32 Å². The summed E-state index contributed by atoms with van der Waals surface area (Å²) in [6.07, 6.45) is 3.18. The van der Waals surface area contributed by atoms with E-state index in [-0.39, 0.29) is 11.7 Å². The van der Waals surface area contributed by atoms with Gasteiger partial charge in [0.25, 0.3) is 5.91 Å². The number of hydrogen-bond donors (Lipinski definition) is 2. The van der Waals surface area contributed by atoms with Crippen molar-refractivity contribution in [3.63, 3.8) is 0 Å². The first kappa shape index (κ1) is 15.3. The minimum absolute atomic E-state index is 0.0906. The molecule has 2 rings (SSSR count). The Morgan fingerprint density at radius 2 is 2.17 bits per heavy atom. The van der Waals surface area contributed by atoms with Crippen LogP contribution in [0.25, 0.3) is 0 Å². The standard InChI is InChI=1S/C9H9NO2.C4H8BrCl/c11-7-2-1-6-3-4-10-9(12)8(6)5-7;5-3-1-2-4-6/h1-2,5,11H,3-4H2,(H,10,12);1-4H2. The lowest BCUT2D eigenvalue weighted by Crippen LogP contribution is -2.31. The van der Waals surface area contributed by atoms with Gasteiger partial charge in [-0.05, 0) is 37.0 Å². The fourth-order valence-electron chi connectivity index (χ4n) is 1.59. The summed E-state index contributed by atoms with van der Waals surface area (Å²) in [5, 5.41) is 12.9. The molecule has 1 amide bonds. The highest BCUT2D eigenvalue weighted by atomic mass is 79.9. The first-order valence-corrected chi connectivity index (χ1v) is 7.56. The molecule has 0 aromatic heterocycles. The summed E-state index contributed by atoms with van der Waals surface area (Å²) in [7, 11) is 0. The first-order valence-electron chi connectivity index (χ1n) is 5.91. The van der Waals surface area contributed by atoms with E-state index in [1.165, 1.54) is 12.5 Å². The van der Waals surface area contributed by atoms with Crippen LogP contribution in [-0.4, -0.2) is 28.8 Å². The zero-order valence-corrected chi connectivity index (χ0v) is 12.4. The lowest BCUT2D eigenvalue weighted by Gasteiger charge is -2.15. The molecule has 0 radical (unpaired) electrons. The Labute approximate surface area is 121 Å². The lowest BCUT2D eigenvalue weighted by molar-refractivity contribution is 0.0945. The Hall–Kier alpha value is -0.740. The van der Waals surface area contributed by atoms with Gasteiger partial charge in [-0.2, -0.15) is 0 Å². The number of unbranched alkanes of at least 4 members (excludes halogenated alkanes) is 1. The minimum Gasteiger partial charge on any atom is -0.508 e. The smallest absolute Gasteiger partial charge is 0.251 e. The van der Waals surface area contributed by atoms with Crippen molar-refractivity contribution < 1.29 is 9.90 Å². The number of alkyl halides is 2. The molecule has 2 N–H and O–H groups in total. The SMILES string of the molecule is ClCCCCBr.O=C1NCCc2ccc(O)cc21. The van der Waals surface area contributed by atoms with Crippen LogP contribution >= 0.6 is 27.5 Å². The van der Waals surface area contributed by atoms with Crippen molar-refractivity contribution in [2.45, 2.75) is 19.3 Å². The van der Waals surface area contributed by atoms with Crippen molar-refractivity contribution >= 4 is 33.4 Å². The maximum Gasteiger partial charge on any atom is 0.251 e. The Kier molecular flexibility index (Phi) is 7.13. The van der Waals surface area contributed by atoms with Crippen molar-refractivity contribution in [2.75, 3.05) is 17.8 Å². The second-order valence-electron chi connectivity index (χ2n) is 3.93. The molecule has 1 aromatic carbocycles. The summed E-state index contributed by atoms with van der Waals surface area (Å²) in [5.74, 6) is 0.851. The summed E-state index contributed by atoms with van der Waals surface area (Å²) < 4.78 is 0. The van der Waals surface area contributed by atoms with Gasteiger partial charge in [0.2, 0.25) is 0 Å². The summed E-state index contributed by atoms with van der Waals surface area (Å²) in [5.41, 5.74) is 1.61. The molecule has 0 unspecified atom stereocenters. The van der Waals surface area contributed by atoms with E-state index in [4.69, 9.17) is 16.7 Å². The number of hydrogen-bond acceptors (Lipinski definition) is 2. The second-order valence-corrected chi connectivity index (χ2v) is 5.10. The van der Waals surface area contributed by atoms with E-state index >= 15 is 0 Å². The van der Waals surface area contributed by atoms with Gasteiger partial charge in [0.05, 0.1) is 0 Å². The first-order chi connectivity index (χ1) is 8.69. The Morgan fingerprint density at radius 1 is 1.39 bits per heavy atom. The van der Waals surface area contributed by atoms with Crippen LogP contribution in [0, 0.1) is 0 Å². The van der Waals surface area contributed by atoms with E-state index in [0.29, 0.717) is 12.1 Å². The normalized spacial score (nSPS) is 13.1. The van der Waals surface area contributed by atoms with E-state index in [1.54, 1.807) is 12.1 Å². The van der Waals surface area contributed by atoms with Gasteiger partial charge in [-0.25, -0.2) is 0 Å². The highest BCUT2D eigenvalue weighted by molar-refractivity contribution is 9.09. The third-order valence-corrected chi connectivity index (χ3v) is 3.36. The van der Waals surface area contributed by atoms with Crippen LogP contribution < -0.4 is 5.32 Å². The topological polar surface area (TPSA) is 49.3 Å². The average molecular weight is 335 g/mol. The van der Waals surface area contributed by atoms with Gasteiger partial charge in [0, 0.05) is 23.3 Å². The summed E-state index contributed by atoms with van der Waals surface area (Å²) in [4.78, 5) is 11.2. The molecule has 0 atom stereocenters. The Morgan fingerprint density at radius 3 is 2.78 bits per heavy atom. The number of carbonyl (C=O) groups is 1. The molecule has 0 aliphatic carbocycles. The van der Waals surface area contributed by atoms with E-state index < -0.39 is 0 Å². The molecule has 0 spiro atoms. The fourth-order valence-corrected chi connectivity index (χ4v) is 2.17. The molecule has 18 heavy (non-hydrogen) atoms. The van der Waals surface area contributed by atoms with Gasteiger partial charge in [-0.3, -0.25) is 4.79 Å². The largest absolute Gasteiger partial charge is 0.508 e. The monoisotopic (exact) mass is 333 g/mol. The number of phenolic OH excluding ortho intramolecular Hbond substituents is 1. The maximum atomic E-state index is 11.2. The Bertz CT molecular complexity index is 395. The van der Waals surface area contributed by atoms with Crippen LogP contribution in [-0.2, 0) is 6.42 Å². The van der Waals surface area contributed by atoms with Crippen LogP contribution in [0.2, 0.25) is 0 Å². The quantitative estimate of drug-likeness (QED) is 0.659. The van der Waals surface area contributed by atoms with Gasteiger partial charge in [0.1, 0.15) is 5.75 Å². The fraction of sp³-hybridized carbons (Fsp3) is 0.462. The van der Waals surface area contributed by atoms with Crippen LogP contribution in [0.3, 0.4) is 0 Å². The van der Waals surface area contributed by atoms with Crippen molar-refractivity contribution in [1.29, 1.82) is 0 Å². The minimum atomic E-state index is -0.0906. The molecule has 1 aliphatic rings. The average Bonchev–Trinajstić information content (AvgIpc) is 2.38. The molecular weight excluding hydrogens is 318 g/mol. The van der Waals surface area contributed by atoms with E-state index in [0.717, 1.165) is 29.6 Å². The van der Waals surface area contributed by atoms with Gasteiger partial charge < -0.3 is 10.4 Å². The molecule has 1 aliphatic heterocycles. The lowest BCUT2D eigenvalue weighted by atomic mass is 10.0.